The molecule has 0 unspecified atom stereocenters. The molecule has 0 bridgehead atoms. The van der Waals surface area contributed by atoms with Crippen LogP contribution in [0.1, 0.15) is 0 Å². The van der Waals surface area contributed by atoms with Crippen molar-refractivity contribution in [3.05, 3.63) is 83.0 Å². The van der Waals surface area contributed by atoms with Crippen LogP contribution in [0.5, 0.6) is 11.5 Å². The van der Waals surface area contributed by atoms with Gasteiger partial charge in [0.15, 0.2) is 11.5 Å². The van der Waals surface area contributed by atoms with Crippen LogP contribution in [-0.2, 0) is 0 Å². The van der Waals surface area contributed by atoms with Crippen LogP contribution < -0.4 is 14.9 Å². The zero-order valence-corrected chi connectivity index (χ0v) is 16.1. The van der Waals surface area contributed by atoms with Crippen molar-refractivity contribution in [1.29, 1.82) is 0 Å². The van der Waals surface area contributed by atoms with Gasteiger partial charge >= 0.3 is 0 Å². The van der Waals surface area contributed by atoms with Crippen LogP contribution in [-0.4, -0.2) is 14.2 Å². The van der Waals surface area contributed by atoms with E-state index < -0.39 is 0 Å². The predicted octanol–water partition coefficient (Wildman–Crippen LogP) is 5.78. The molecule has 0 atom stereocenters. The van der Waals surface area contributed by atoms with Crippen molar-refractivity contribution in [2.24, 2.45) is 0 Å². The highest BCUT2D eigenvalue weighted by Gasteiger charge is 2.18. The second-order valence-corrected chi connectivity index (χ2v) is 6.84. The summed E-state index contributed by atoms with van der Waals surface area (Å²) in [6, 6.07) is 23.1. The van der Waals surface area contributed by atoms with Gasteiger partial charge in [0.25, 0.3) is 0 Å². The first kappa shape index (κ1) is 17.3. The average Bonchev–Trinajstić information content (AvgIpc) is 2.78. The molecule has 0 saturated carbocycles. The summed E-state index contributed by atoms with van der Waals surface area (Å²) in [7, 11) is 3.19. The van der Waals surface area contributed by atoms with Gasteiger partial charge in [0.05, 0.1) is 25.0 Å². The van der Waals surface area contributed by atoms with Crippen LogP contribution in [0.15, 0.2) is 82.0 Å². The largest absolute Gasteiger partial charge is 0.493 e. The van der Waals surface area contributed by atoms with Gasteiger partial charge in [0.2, 0.25) is 5.43 Å². The molecule has 1 heterocycles. The first-order valence-corrected chi connectivity index (χ1v) is 9.31. The number of hydrogen-bond acceptors (Lipinski definition) is 4. The molecule has 0 aliphatic heterocycles. The van der Waals surface area contributed by atoms with E-state index in [2.05, 4.69) is 0 Å². The Balaban J connectivity index is 2.03. The van der Waals surface area contributed by atoms with Gasteiger partial charge in [-0.2, -0.15) is 0 Å². The Kier molecular flexibility index (Phi) is 3.98. The first-order valence-electron chi connectivity index (χ1n) is 9.31. The summed E-state index contributed by atoms with van der Waals surface area (Å²) in [5.74, 6) is 1.18. The van der Waals surface area contributed by atoms with Crippen LogP contribution in [0.3, 0.4) is 0 Å². The molecule has 0 amide bonds. The van der Waals surface area contributed by atoms with E-state index in [9.17, 15) is 4.79 Å². The van der Waals surface area contributed by atoms with Crippen LogP contribution in [0.2, 0.25) is 0 Å². The number of para-hydroxylation sites is 1. The number of hydrogen-bond donors (Lipinski definition) is 0. The fourth-order valence-electron chi connectivity index (χ4n) is 3.89. The Labute approximate surface area is 166 Å². The molecule has 5 aromatic rings. The van der Waals surface area contributed by atoms with Gasteiger partial charge in [0.1, 0.15) is 11.2 Å². The number of ether oxygens (including phenoxy) is 2. The molecular weight excluding hydrogens is 364 g/mol. The zero-order valence-electron chi connectivity index (χ0n) is 16.1. The second kappa shape index (κ2) is 6.67. The Morgan fingerprint density at radius 2 is 1.34 bits per heavy atom. The lowest BCUT2D eigenvalue weighted by Gasteiger charge is -2.14. The summed E-state index contributed by atoms with van der Waals surface area (Å²) in [4.78, 5) is 13.4. The Bertz CT molecular complexity index is 1430. The van der Waals surface area contributed by atoms with Gasteiger partial charge in [-0.25, -0.2) is 0 Å². The molecule has 0 fully saturated rings. The SMILES string of the molecule is COc1cc2c(-c3ccccc3)cc3oc4ccccc4c(=O)c3c2cc1OC. The molecule has 142 valence electrons. The molecule has 4 aromatic carbocycles. The summed E-state index contributed by atoms with van der Waals surface area (Å²) >= 11 is 0. The predicted molar refractivity (Wildman–Crippen MR) is 116 cm³/mol. The molecule has 0 spiro atoms. The number of benzene rings is 4. The van der Waals surface area contributed by atoms with Crippen molar-refractivity contribution in [2.75, 3.05) is 14.2 Å². The van der Waals surface area contributed by atoms with E-state index in [0.29, 0.717) is 33.4 Å². The maximum atomic E-state index is 13.4. The van der Waals surface area contributed by atoms with E-state index in [0.717, 1.165) is 21.9 Å². The van der Waals surface area contributed by atoms with E-state index >= 15 is 0 Å². The van der Waals surface area contributed by atoms with Crippen molar-refractivity contribution in [1.82, 2.24) is 0 Å². The summed E-state index contributed by atoms with van der Waals surface area (Å²) in [6.07, 6.45) is 0. The van der Waals surface area contributed by atoms with Gasteiger partial charge in [-0.05, 0) is 46.8 Å². The standard InChI is InChI=1S/C25H18O4/c1-27-21-13-18-17(15-8-4-3-5-9-15)12-23-24(19(18)14-22(21)28-2)25(26)16-10-6-7-11-20(16)29-23/h3-14H,1-2H3. The fraction of sp³-hybridized carbons (Fsp3) is 0.0800. The maximum Gasteiger partial charge on any atom is 0.201 e. The topological polar surface area (TPSA) is 48.7 Å². The van der Waals surface area contributed by atoms with Crippen LogP contribution in [0.25, 0.3) is 43.8 Å². The molecular formula is C25H18O4. The van der Waals surface area contributed by atoms with Gasteiger partial charge in [-0.1, -0.05) is 42.5 Å². The lowest BCUT2D eigenvalue weighted by molar-refractivity contribution is 0.356. The summed E-state index contributed by atoms with van der Waals surface area (Å²) in [5, 5.41) is 2.78. The molecule has 0 aliphatic rings. The van der Waals surface area contributed by atoms with Gasteiger partial charge in [0, 0.05) is 5.39 Å². The fourth-order valence-corrected chi connectivity index (χ4v) is 3.89. The quantitative estimate of drug-likeness (QED) is 0.293. The smallest absolute Gasteiger partial charge is 0.201 e. The average molecular weight is 382 g/mol. The van der Waals surface area contributed by atoms with Gasteiger partial charge in [-0.3, -0.25) is 4.79 Å². The molecule has 4 nitrogen and oxygen atoms in total. The third kappa shape index (κ3) is 2.64. The highest BCUT2D eigenvalue weighted by molar-refractivity contribution is 6.14. The molecule has 5 rings (SSSR count). The van der Waals surface area contributed by atoms with Crippen LogP contribution >= 0.6 is 0 Å². The lowest BCUT2D eigenvalue weighted by Crippen LogP contribution is -2.03. The minimum atomic E-state index is -0.0568. The van der Waals surface area contributed by atoms with Crippen molar-refractivity contribution in [2.45, 2.75) is 0 Å². The minimum absolute atomic E-state index is 0.0568. The van der Waals surface area contributed by atoms with Crippen molar-refractivity contribution in [3.63, 3.8) is 0 Å². The molecule has 0 N–H and O–H groups in total. The van der Waals surface area contributed by atoms with Crippen molar-refractivity contribution in [3.8, 4) is 22.6 Å². The van der Waals surface area contributed by atoms with E-state index in [1.54, 1.807) is 20.3 Å². The van der Waals surface area contributed by atoms with Gasteiger partial charge < -0.3 is 13.9 Å². The Morgan fingerprint density at radius 1 is 0.690 bits per heavy atom. The molecule has 0 radical (unpaired) electrons. The molecule has 0 aliphatic carbocycles. The number of methoxy groups -OCH3 is 2. The Hall–Kier alpha value is -3.79. The highest BCUT2D eigenvalue weighted by Crippen LogP contribution is 2.40. The molecule has 1 aromatic heterocycles. The first-order chi connectivity index (χ1) is 14.2. The van der Waals surface area contributed by atoms with E-state index in [1.165, 1.54) is 0 Å². The summed E-state index contributed by atoms with van der Waals surface area (Å²) in [5.41, 5.74) is 3.06. The number of rotatable bonds is 3. The van der Waals surface area contributed by atoms with Crippen molar-refractivity contribution >= 4 is 32.7 Å². The molecule has 0 saturated heterocycles. The van der Waals surface area contributed by atoms with Crippen LogP contribution in [0, 0.1) is 0 Å². The summed E-state index contributed by atoms with van der Waals surface area (Å²) < 4.78 is 17.2. The van der Waals surface area contributed by atoms with E-state index in [-0.39, 0.29) is 5.43 Å². The van der Waals surface area contributed by atoms with E-state index in [4.69, 9.17) is 13.9 Å². The highest BCUT2D eigenvalue weighted by atomic mass is 16.5. The van der Waals surface area contributed by atoms with Gasteiger partial charge in [-0.15, -0.1) is 0 Å². The van der Waals surface area contributed by atoms with Crippen LogP contribution in [0.4, 0.5) is 0 Å². The van der Waals surface area contributed by atoms with E-state index in [1.807, 2.05) is 66.7 Å². The normalized spacial score (nSPS) is 11.2. The third-order valence-corrected chi connectivity index (χ3v) is 5.27. The monoisotopic (exact) mass is 382 g/mol. The van der Waals surface area contributed by atoms with Crippen molar-refractivity contribution < 1.29 is 13.9 Å². The number of fused-ring (bicyclic) bond motifs is 4. The Morgan fingerprint density at radius 3 is 2.07 bits per heavy atom. The second-order valence-electron chi connectivity index (χ2n) is 6.84. The molecule has 4 heteroatoms. The summed E-state index contributed by atoms with van der Waals surface area (Å²) in [6.45, 7) is 0. The molecule has 29 heavy (non-hydrogen) atoms. The zero-order chi connectivity index (χ0) is 20.0. The lowest BCUT2D eigenvalue weighted by atomic mass is 9.94. The third-order valence-electron chi connectivity index (χ3n) is 5.27. The minimum Gasteiger partial charge on any atom is -0.493 e. The maximum absolute atomic E-state index is 13.4.